The Morgan fingerprint density at radius 3 is 2.74 bits per heavy atom. The molecule has 1 aromatic carbocycles. The number of para-hydroxylation sites is 1. The molecule has 0 radical (unpaired) electrons. The summed E-state index contributed by atoms with van der Waals surface area (Å²) in [5, 5.41) is 12.4. The molecule has 1 fully saturated rings. The summed E-state index contributed by atoms with van der Waals surface area (Å²) < 4.78 is 0. The first kappa shape index (κ1) is 12.9. The van der Waals surface area contributed by atoms with E-state index in [-0.39, 0.29) is 6.61 Å². The summed E-state index contributed by atoms with van der Waals surface area (Å²) in [7, 11) is 0. The number of hydrogen-bond acceptors (Lipinski definition) is 3. The minimum absolute atomic E-state index is 0.0763. The van der Waals surface area contributed by atoms with E-state index in [9.17, 15) is 5.11 Å². The first-order valence-corrected chi connectivity index (χ1v) is 7.91. The molecular formula is C16H19NOS. The molecule has 100 valence electrons. The van der Waals surface area contributed by atoms with E-state index >= 15 is 0 Å². The van der Waals surface area contributed by atoms with Crippen molar-refractivity contribution in [3.05, 3.63) is 35.9 Å². The highest BCUT2D eigenvalue weighted by Gasteiger charge is 2.17. The van der Waals surface area contributed by atoms with Gasteiger partial charge in [0.2, 0.25) is 0 Å². The van der Waals surface area contributed by atoms with E-state index in [0.717, 1.165) is 21.5 Å². The predicted octanol–water partition coefficient (Wildman–Crippen LogP) is 4.15. The molecule has 0 amide bonds. The quantitative estimate of drug-likeness (QED) is 0.912. The second-order valence-electron chi connectivity index (χ2n) is 5.18. The van der Waals surface area contributed by atoms with Crippen molar-refractivity contribution in [1.82, 2.24) is 4.98 Å². The van der Waals surface area contributed by atoms with E-state index in [4.69, 9.17) is 4.98 Å². The molecule has 1 N–H and O–H groups in total. The van der Waals surface area contributed by atoms with Gasteiger partial charge in [0.15, 0.2) is 0 Å². The van der Waals surface area contributed by atoms with Gasteiger partial charge in [-0.05, 0) is 25.0 Å². The number of thioether (sulfide) groups is 1. The zero-order valence-corrected chi connectivity index (χ0v) is 11.8. The normalized spacial score (nSPS) is 16.9. The van der Waals surface area contributed by atoms with Crippen LogP contribution in [-0.2, 0) is 6.61 Å². The maximum Gasteiger partial charge on any atom is 0.103 e. The van der Waals surface area contributed by atoms with Gasteiger partial charge in [-0.25, -0.2) is 4.98 Å². The number of nitrogens with zero attached hydrogens (tertiary/aromatic N) is 1. The lowest BCUT2D eigenvalue weighted by molar-refractivity contribution is 0.278. The Balaban J connectivity index is 1.91. The fourth-order valence-corrected chi connectivity index (χ4v) is 4.01. The lowest BCUT2D eigenvalue weighted by atomic mass is 10.0. The molecule has 3 rings (SSSR count). The highest BCUT2D eigenvalue weighted by molar-refractivity contribution is 7.99. The van der Waals surface area contributed by atoms with Crippen LogP contribution >= 0.6 is 11.8 Å². The fraction of sp³-hybridized carbons (Fsp3) is 0.438. The summed E-state index contributed by atoms with van der Waals surface area (Å²) in [5.74, 6) is 0. The van der Waals surface area contributed by atoms with Crippen LogP contribution in [0.2, 0.25) is 0 Å². The predicted molar refractivity (Wildman–Crippen MR) is 80.4 cm³/mol. The molecule has 2 aromatic rings. The third-order valence-electron chi connectivity index (χ3n) is 3.76. The molecular weight excluding hydrogens is 254 g/mol. The van der Waals surface area contributed by atoms with Gasteiger partial charge in [0, 0.05) is 16.2 Å². The fourth-order valence-electron chi connectivity index (χ4n) is 2.70. The van der Waals surface area contributed by atoms with Crippen LogP contribution in [0.4, 0.5) is 0 Å². The van der Waals surface area contributed by atoms with Crippen LogP contribution in [0.1, 0.15) is 37.7 Å². The number of rotatable bonds is 3. The summed E-state index contributed by atoms with van der Waals surface area (Å²) in [4.78, 5) is 4.74. The highest BCUT2D eigenvalue weighted by Crippen LogP contribution is 2.35. The van der Waals surface area contributed by atoms with Gasteiger partial charge in [-0.1, -0.05) is 37.5 Å². The average molecular weight is 273 g/mol. The van der Waals surface area contributed by atoms with Crippen molar-refractivity contribution in [2.24, 2.45) is 0 Å². The van der Waals surface area contributed by atoms with Crippen LogP contribution in [-0.4, -0.2) is 15.3 Å². The molecule has 0 unspecified atom stereocenters. The topological polar surface area (TPSA) is 33.1 Å². The van der Waals surface area contributed by atoms with Crippen molar-refractivity contribution in [1.29, 1.82) is 0 Å². The summed E-state index contributed by atoms with van der Waals surface area (Å²) >= 11 is 1.86. The second-order valence-corrected chi connectivity index (χ2v) is 6.47. The Morgan fingerprint density at radius 1 is 1.16 bits per heavy atom. The molecule has 1 saturated carbocycles. The van der Waals surface area contributed by atoms with E-state index in [1.165, 1.54) is 32.1 Å². The van der Waals surface area contributed by atoms with E-state index < -0.39 is 0 Å². The van der Waals surface area contributed by atoms with E-state index in [2.05, 4.69) is 12.1 Å². The van der Waals surface area contributed by atoms with Gasteiger partial charge in [0.25, 0.3) is 0 Å². The largest absolute Gasteiger partial charge is 0.392 e. The minimum Gasteiger partial charge on any atom is -0.392 e. The third kappa shape index (κ3) is 2.93. The number of fused-ring (bicyclic) bond motifs is 1. The Hall–Kier alpha value is -1.06. The maximum absolute atomic E-state index is 9.55. The van der Waals surface area contributed by atoms with Crippen LogP contribution in [0, 0.1) is 0 Å². The zero-order chi connectivity index (χ0) is 13.1. The highest BCUT2D eigenvalue weighted by atomic mass is 32.2. The smallest absolute Gasteiger partial charge is 0.103 e. The van der Waals surface area contributed by atoms with E-state index in [0.29, 0.717) is 5.25 Å². The number of benzene rings is 1. The van der Waals surface area contributed by atoms with Gasteiger partial charge in [-0.2, -0.15) is 0 Å². The van der Waals surface area contributed by atoms with E-state index in [1.807, 2.05) is 30.0 Å². The van der Waals surface area contributed by atoms with Crippen molar-refractivity contribution in [3.63, 3.8) is 0 Å². The molecule has 2 nitrogen and oxygen atoms in total. The summed E-state index contributed by atoms with van der Waals surface area (Å²) in [6, 6.07) is 10.2. The van der Waals surface area contributed by atoms with Crippen LogP contribution in [0.25, 0.3) is 10.9 Å². The van der Waals surface area contributed by atoms with Gasteiger partial charge < -0.3 is 5.11 Å². The molecule has 1 aliphatic rings. The average Bonchev–Trinajstić information content (AvgIpc) is 2.47. The van der Waals surface area contributed by atoms with Crippen molar-refractivity contribution in [2.45, 2.75) is 49.0 Å². The van der Waals surface area contributed by atoms with Gasteiger partial charge in [-0.3, -0.25) is 0 Å². The molecule has 1 aromatic heterocycles. The second kappa shape index (κ2) is 5.93. The first-order valence-electron chi connectivity index (χ1n) is 7.03. The summed E-state index contributed by atoms with van der Waals surface area (Å²) in [6.45, 7) is 0.0763. The van der Waals surface area contributed by atoms with Crippen LogP contribution < -0.4 is 0 Å². The number of aliphatic hydroxyl groups is 1. The summed E-state index contributed by atoms with van der Waals surface area (Å²) in [5.41, 5.74) is 1.99. The van der Waals surface area contributed by atoms with Gasteiger partial charge in [0.1, 0.15) is 5.03 Å². The van der Waals surface area contributed by atoms with Crippen LogP contribution in [0.15, 0.2) is 35.4 Å². The van der Waals surface area contributed by atoms with Crippen LogP contribution in [0.5, 0.6) is 0 Å². The molecule has 0 saturated heterocycles. The Morgan fingerprint density at radius 2 is 1.95 bits per heavy atom. The molecule has 0 bridgehead atoms. The third-order valence-corrected chi connectivity index (χ3v) is 5.15. The number of aliphatic hydroxyl groups excluding tert-OH is 1. The molecule has 0 atom stereocenters. The maximum atomic E-state index is 9.55. The molecule has 0 aliphatic heterocycles. The monoisotopic (exact) mass is 273 g/mol. The van der Waals surface area contributed by atoms with Gasteiger partial charge >= 0.3 is 0 Å². The molecule has 0 spiro atoms. The lowest BCUT2D eigenvalue weighted by Crippen LogP contribution is -2.09. The molecule has 1 aliphatic carbocycles. The number of aromatic nitrogens is 1. The minimum atomic E-state index is 0.0763. The zero-order valence-electron chi connectivity index (χ0n) is 11.0. The first-order chi connectivity index (χ1) is 9.36. The van der Waals surface area contributed by atoms with Crippen molar-refractivity contribution >= 4 is 22.7 Å². The van der Waals surface area contributed by atoms with Crippen molar-refractivity contribution in [2.75, 3.05) is 0 Å². The van der Waals surface area contributed by atoms with Crippen molar-refractivity contribution in [3.8, 4) is 0 Å². The van der Waals surface area contributed by atoms with Crippen LogP contribution in [0.3, 0.4) is 0 Å². The Bertz CT molecular complexity index is 564. The summed E-state index contributed by atoms with van der Waals surface area (Å²) in [6.07, 6.45) is 6.60. The Kier molecular flexibility index (Phi) is 4.04. The number of pyridine rings is 1. The SMILES string of the molecule is OCc1cc2ccccc2nc1SC1CCCCC1. The standard InChI is InChI=1S/C16H19NOS/c18-11-13-10-12-6-4-5-9-15(12)17-16(13)19-14-7-2-1-3-8-14/h4-6,9-10,14,18H,1-3,7-8,11H2. The van der Waals surface area contributed by atoms with E-state index in [1.54, 1.807) is 0 Å². The lowest BCUT2D eigenvalue weighted by Gasteiger charge is -2.21. The molecule has 1 heterocycles. The van der Waals surface area contributed by atoms with Crippen molar-refractivity contribution < 1.29 is 5.11 Å². The van der Waals surface area contributed by atoms with Gasteiger partial charge in [-0.15, -0.1) is 11.8 Å². The Labute approximate surface area is 118 Å². The van der Waals surface area contributed by atoms with Gasteiger partial charge in [0.05, 0.1) is 12.1 Å². The molecule has 19 heavy (non-hydrogen) atoms. The number of hydrogen-bond donors (Lipinski definition) is 1. The molecule has 3 heteroatoms.